The van der Waals surface area contributed by atoms with Gasteiger partial charge in [-0.1, -0.05) is 24.4 Å². The largest absolute Gasteiger partial charge is 0.444 e. The Hall–Kier alpha value is -2.61. The molecule has 2 aromatic heterocycles. The van der Waals surface area contributed by atoms with E-state index in [0.717, 1.165) is 56.2 Å². The number of nitrogens with one attached hydrogen (secondary N) is 2. The number of anilines is 1. The SMILES string of the molecule is CC(C)(C)OC(=O)N[C@@H]1CCC[C@H](C(=O)Nc2cc(-c3cnn4c3CCCCC4)c(Cl)cn2)C1. The zero-order chi connectivity index (χ0) is 24.3. The van der Waals surface area contributed by atoms with Gasteiger partial charge in [-0.15, -0.1) is 0 Å². The fourth-order valence-electron chi connectivity index (χ4n) is 4.80. The number of rotatable bonds is 4. The van der Waals surface area contributed by atoms with Gasteiger partial charge in [0.15, 0.2) is 0 Å². The van der Waals surface area contributed by atoms with Crippen LogP contribution in [0.2, 0.25) is 5.02 Å². The number of hydrogen-bond donors (Lipinski definition) is 2. The zero-order valence-electron chi connectivity index (χ0n) is 20.2. The molecule has 4 rings (SSSR count). The predicted octanol–water partition coefficient (Wildman–Crippen LogP) is 5.35. The molecule has 2 aromatic rings. The second kappa shape index (κ2) is 10.3. The van der Waals surface area contributed by atoms with Gasteiger partial charge in [0.25, 0.3) is 0 Å². The van der Waals surface area contributed by atoms with E-state index in [-0.39, 0.29) is 17.9 Å². The molecule has 3 heterocycles. The monoisotopic (exact) mass is 487 g/mol. The maximum absolute atomic E-state index is 13.0. The lowest BCUT2D eigenvalue weighted by molar-refractivity contribution is -0.121. The minimum atomic E-state index is -0.554. The molecule has 1 fully saturated rings. The number of alkyl carbamates (subject to hydrolysis) is 1. The number of pyridine rings is 1. The number of aromatic nitrogens is 3. The second-order valence-corrected chi connectivity index (χ2v) is 10.7. The van der Waals surface area contributed by atoms with E-state index in [2.05, 4.69) is 25.4 Å². The quantitative estimate of drug-likeness (QED) is 0.606. The molecule has 2 N–H and O–H groups in total. The number of carbonyl (C=O) groups is 2. The Balaban J connectivity index is 1.43. The Morgan fingerprint density at radius 3 is 2.74 bits per heavy atom. The van der Waals surface area contributed by atoms with Gasteiger partial charge in [-0.3, -0.25) is 9.48 Å². The summed E-state index contributed by atoms with van der Waals surface area (Å²) in [5.74, 6) is 0.174. The third kappa shape index (κ3) is 6.09. The smallest absolute Gasteiger partial charge is 0.407 e. The van der Waals surface area contributed by atoms with Gasteiger partial charge in [-0.2, -0.15) is 5.10 Å². The number of halogens is 1. The van der Waals surface area contributed by atoms with Crippen molar-refractivity contribution in [3.63, 3.8) is 0 Å². The van der Waals surface area contributed by atoms with Crippen molar-refractivity contribution in [1.29, 1.82) is 0 Å². The van der Waals surface area contributed by atoms with Gasteiger partial charge < -0.3 is 15.4 Å². The van der Waals surface area contributed by atoms with E-state index in [1.54, 1.807) is 6.20 Å². The van der Waals surface area contributed by atoms with E-state index in [4.69, 9.17) is 16.3 Å². The Labute approximate surface area is 205 Å². The van der Waals surface area contributed by atoms with E-state index < -0.39 is 11.7 Å². The summed E-state index contributed by atoms with van der Waals surface area (Å²) in [4.78, 5) is 29.5. The summed E-state index contributed by atoms with van der Waals surface area (Å²) in [5, 5.41) is 11.0. The molecular weight excluding hydrogens is 454 g/mol. The van der Waals surface area contributed by atoms with Crippen LogP contribution in [-0.2, 0) is 22.5 Å². The Bertz CT molecular complexity index is 1050. The van der Waals surface area contributed by atoms with Crippen LogP contribution in [0, 0.1) is 5.92 Å². The predicted molar refractivity (Wildman–Crippen MR) is 132 cm³/mol. The minimum absolute atomic E-state index is 0.0871. The summed E-state index contributed by atoms with van der Waals surface area (Å²) < 4.78 is 7.43. The lowest BCUT2D eigenvalue weighted by Gasteiger charge is -2.30. The molecule has 0 saturated heterocycles. The van der Waals surface area contributed by atoms with Crippen molar-refractivity contribution in [2.24, 2.45) is 5.92 Å². The second-order valence-electron chi connectivity index (χ2n) is 10.3. The van der Waals surface area contributed by atoms with Gasteiger partial charge in [0.1, 0.15) is 11.4 Å². The van der Waals surface area contributed by atoms with Crippen LogP contribution in [0.3, 0.4) is 0 Å². The van der Waals surface area contributed by atoms with Crippen LogP contribution in [0.1, 0.15) is 71.4 Å². The summed E-state index contributed by atoms with van der Waals surface area (Å²) in [5.41, 5.74) is 2.47. The molecule has 1 aliphatic heterocycles. The highest BCUT2D eigenvalue weighted by Crippen LogP contribution is 2.34. The van der Waals surface area contributed by atoms with E-state index in [1.165, 1.54) is 12.1 Å². The molecule has 0 aromatic carbocycles. The van der Waals surface area contributed by atoms with Crippen LogP contribution >= 0.6 is 11.6 Å². The summed E-state index contributed by atoms with van der Waals surface area (Å²) in [6.45, 7) is 6.41. The van der Waals surface area contributed by atoms with Crippen LogP contribution in [-0.4, -0.2) is 38.4 Å². The van der Waals surface area contributed by atoms with Crippen molar-refractivity contribution >= 4 is 29.4 Å². The minimum Gasteiger partial charge on any atom is -0.444 e. The third-order valence-corrected chi connectivity index (χ3v) is 6.70. The topological polar surface area (TPSA) is 98.1 Å². The van der Waals surface area contributed by atoms with Crippen LogP contribution in [0.5, 0.6) is 0 Å². The van der Waals surface area contributed by atoms with Crippen molar-refractivity contribution in [2.45, 2.75) is 90.3 Å². The van der Waals surface area contributed by atoms with Crippen LogP contribution in [0.25, 0.3) is 11.1 Å². The molecule has 34 heavy (non-hydrogen) atoms. The van der Waals surface area contributed by atoms with Gasteiger partial charge in [-0.05, 0) is 65.4 Å². The van der Waals surface area contributed by atoms with Gasteiger partial charge in [0.2, 0.25) is 5.91 Å². The maximum atomic E-state index is 13.0. The zero-order valence-corrected chi connectivity index (χ0v) is 21.0. The molecule has 2 atom stereocenters. The Morgan fingerprint density at radius 1 is 1.12 bits per heavy atom. The van der Waals surface area contributed by atoms with Gasteiger partial charge in [0, 0.05) is 41.5 Å². The number of amides is 2. The first kappa shape index (κ1) is 24.5. The fraction of sp³-hybridized carbons (Fsp3) is 0.600. The maximum Gasteiger partial charge on any atom is 0.407 e. The van der Waals surface area contributed by atoms with Crippen LogP contribution < -0.4 is 10.6 Å². The molecule has 184 valence electrons. The van der Waals surface area contributed by atoms with Crippen LogP contribution in [0.15, 0.2) is 18.5 Å². The molecule has 2 amide bonds. The average molecular weight is 488 g/mol. The summed E-state index contributed by atoms with van der Waals surface area (Å²) in [6.07, 6.45) is 10.5. The van der Waals surface area contributed by atoms with Gasteiger partial charge >= 0.3 is 6.09 Å². The first-order valence-electron chi connectivity index (χ1n) is 12.2. The highest BCUT2D eigenvalue weighted by atomic mass is 35.5. The number of carbonyl (C=O) groups excluding carboxylic acids is 2. The summed E-state index contributed by atoms with van der Waals surface area (Å²) in [7, 11) is 0. The molecule has 0 unspecified atom stereocenters. The average Bonchev–Trinajstić information content (AvgIpc) is 3.01. The highest BCUT2D eigenvalue weighted by Gasteiger charge is 2.30. The van der Waals surface area contributed by atoms with Crippen molar-refractivity contribution in [2.75, 3.05) is 5.32 Å². The van der Waals surface area contributed by atoms with E-state index in [9.17, 15) is 9.59 Å². The first-order valence-corrected chi connectivity index (χ1v) is 12.6. The van der Waals surface area contributed by atoms with Crippen molar-refractivity contribution in [3.8, 4) is 11.1 Å². The molecular formula is C25H34ClN5O3. The van der Waals surface area contributed by atoms with Gasteiger partial charge in [-0.25, -0.2) is 9.78 Å². The molecule has 0 radical (unpaired) electrons. The molecule has 1 saturated carbocycles. The molecule has 0 spiro atoms. The standard InChI is InChI=1S/C25H34ClN5O3/c1-25(2,3)34-24(33)29-17-9-7-8-16(12-17)23(32)30-22-13-18(20(26)15-27-22)19-14-28-31-11-6-4-5-10-21(19)31/h13-17H,4-12H2,1-3H3,(H,29,33)(H,27,30,32)/t16-,17+/m0/s1. The number of nitrogens with zero attached hydrogens (tertiary/aromatic N) is 3. The Kier molecular flexibility index (Phi) is 7.45. The molecule has 1 aliphatic carbocycles. The summed E-state index contributed by atoms with van der Waals surface area (Å²) >= 11 is 6.51. The van der Waals surface area contributed by atoms with Gasteiger partial charge in [0.05, 0.1) is 11.2 Å². The highest BCUT2D eigenvalue weighted by molar-refractivity contribution is 6.33. The first-order chi connectivity index (χ1) is 16.2. The lowest BCUT2D eigenvalue weighted by Crippen LogP contribution is -2.43. The Morgan fingerprint density at radius 2 is 1.94 bits per heavy atom. The number of fused-ring (bicyclic) bond motifs is 1. The van der Waals surface area contributed by atoms with Crippen LogP contribution in [0.4, 0.5) is 10.6 Å². The van der Waals surface area contributed by atoms with E-state index in [0.29, 0.717) is 17.3 Å². The van der Waals surface area contributed by atoms with E-state index in [1.807, 2.05) is 33.0 Å². The number of aryl methyl sites for hydroxylation is 1. The van der Waals surface area contributed by atoms with E-state index >= 15 is 0 Å². The molecule has 0 bridgehead atoms. The normalized spacial score (nSPS) is 20.7. The third-order valence-electron chi connectivity index (χ3n) is 6.39. The number of ether oxygens (including phenoxy) is 1. The summed E-state index contributed by atoms with van der Waals surface area (Å²) in [6, 6.07) is 1.75. The lowest BCUT2D eigenvalue weighted by atomic mass is 9.85. The molecule has 9 heteroatoms. The van der Waals surface area contributed by atoms with Crippen molar-refractivity contribution in [1.82, 2.24) is 20.1 Å². The molecule has 2 aliphatic rings. The van der Waals surface area contributed by atoms with Crippen molar-refractivity contribution in [3.05, 3.63) is 29.2 Å². The fourth-order valence-corrected chi connectivity index (χ4v) is 5.00. The molecule has 8 nitrogen and oxygen atoms in total. The number of hydrogen-bond acceptors (Lipinski definition) is 5. The van der Waals surface area contributed by atoms with Crippen molar-refractivity contribution < 1.29 is 14.3 Å².